The third kappa shape index (κ3) is 1.86. The standard InChI is InChI=1S/C20H30O2/c1-3-20(22)11-9-18-17-6-4-13-12-14(21)5-7-15(13)16(17)8-10-19(18,20)2/h3,12,14-18,21-22H,1,4-11H2,2H3/t14?,15-,16+,17+,18-,19-,20?/m0/s1. The fourth-order valence-corrected chi connectivity index (χ4v) is 6.70. The molecule has 0 aromatic carbocycles. The lowest BCUT2D eigenvalue weighted by atomic mass is 9.50. The first-order valence-electron chi connectivity index (χ1n) is 9.23. The first-order chi connectivity index (χ1) is 10.5. The van der Waals surface area contributed by atoms with E-state index in [2.05, 4.69) is 19.6 Å². The van der Waals surface area contributed by atoms with Crippen molar-refractivity contribution in [1.29, 1.82) is 0 Å². The van der Waals surface area contributed by atoms with Crippen molar-refractivity contribution >= 4 is 0 Å². The lowest BCUT2D eigenvalue weighted by Gasteiger charge is -2.55. The normalized spacial score (nSPS) is 54.0. The number of rotatable bonds is 1. The fourth-order valence-electron chi connectivity index (χ4n) is 6.70. The van der Waals surface area contributed by atoms with Gasteiger partial charge in [0.2, 0.25) is 0 Å². The zero-order chi connectivity index (χ0) is 15.5. The van der Waals surface area contributed by atoms with E-state index in [9.17, 15) is 10.2 Å². The first kappa shape index (κ1) is 15.0. The molecule has 3 fully saturated rings. The minimum atomic E-state index is -0.651. The van der Waals surface area contributed by atoms with Crippen LogP contribution in [0, 0.1) is 29.1 Å². The molecule has 0 bridgehead atoms. The van der Waals surface area contributed by atoms with Gasteiger partial charge in [0.05, 0.1) is 11.7 Å². The van der Waals surface area contributed by atoms with Gasteiger partial charge in [0.25, 0.3) is 0 Å². The van der Waals surface area contributed by atoms with Crippen molar-refractivity contribution in [2.45, 2.75) is 70.0 Å². The van der Waals surface area contributed by atoms with Crippen LogP contribution in [0.1, 0.15) is 58.3 Å². The van der Waals surface area contributed by atoms with Crippen LogP contribution in [0.4, 0.5) is 0 Å². The van der Waals surface area contributed by atoms with E-state index in [4.69, 9.17) is 0 Å². The predicted molar refractivity (Wildman–Crippen MR) is 88.2 cm³/mol. The summed E-state index contributed by atoms with van der Waals surface area (Å²) >= 11 is 0. The van der Waals surface area contributed by atoms with E-state index in [0.29, 0.717) is 11.8 Å². The zero-order valence-corrected chi connectivity index (χ0v) is 13.8. The first-order valence-corrected chi connectivity index (χ1v) is 9.23. The van der Waals surface area contributed by atoms with Crippen molar-refractivity contribution in [2.24, 2.45) is 29.1 Å². The quantitative estimate of drug-likeness (QED) is 0.723. The zero-order valence-electron chi connectivity index (χ0n) is 13.8. The van der Waals surface area contributed by atoms with E-state index in [1.54, 1.807) is 5.57 Å². The van der Waals surface area contributed by atoms with Gasteiger partial charge in [-0.15, -0.1) is 6.58 Å². The van der Waals surface area contributed by atoms with Gasteiger partial charge in [0.1, 0.15) is 0 Å². The maximum Gasteiger partial charge on any atom is 0.0881 e. The van der Waals surface area contributed by atoms with E-state index in [1.165, 1.54) is 25.7 Å². The molecule has 0 aliphatic heterocycles. The summed E-state index contributed by atoms with van der Waals surface area (Å²) in [6, 6.07) is 0. The Morgan fingerprint density at radius 2 is 1.95 bits per heavy atom. The molecular weight excluding hydrogens is 272 g/mol. The number of aliphatic hydroxyl groups excluding tert-OH is 1. The second-order valence-corrected chi connectivity index (χ2v) is 8.59. The van der Waals surface area contributed by atoms with E-state index in [-0.39, 0.29) is 11.5 Å². The highest BCUT2D eigenvalue weighted by Gasteiger charge is 2.61. The molecular formula is C20H30O2. The third-order valence-corrected chi connectivity index (χ3v) is 7.98. The van der Waals surface area contributed by atoms with Crippen molar-refractivity contribution in [3.8, 4) is 0 Å². The lowest BCUT2D eigenvalue weighted by molar-refractivity contribution is -0.0913. The average molecular weight is 302 g/mol. The van der Waals surface area contributed by atoms with Gasteiger partial charge < -0.3 is 10.2 Å². The highest BCUT2D eigenvalue weighted by molar-refractivity contribution is 5.23. The molecule has 4 aliphatic carbocycles. The van der Waals surface area contributed by atoms with E-state index in [0.717, 1.165) is 37.5 Å². The van der Waals surface area contributed by atoms with Crippen molar-refractivity contribution < 1.29 is 10.2 Å². The molecule has 0 heterocycles. The van der Waals surface area contributed by atoms with Crippen LogP contribution in [-0.4, -0.2) is 21.9 Å². The fraction of sp³-hybridized carbons (Fsp3) is 0.800. The summed E-state index contributed by atoms with van der Waals surface area (Å²) in [4.78, 5) is 0. The van der Waals surface area contributed by atoms with Crippen LogP contribution < -0.4 is 0 Å². The molecule has 0 aromatic heterocycles. The van der Waals surface area contributed by atoms with Crippen molar-refractivity contribution in [3.63, 3.8) is 0 Å². The Morgan fingerprint density at radius 3 is 2.73 bits per heavy atom. The van der Waals surface area contributed by atoms with E-state index < -0.39 is 5.60 Å². The Kier molecular flexibility index (Phi) is 3.36. The van der Waals surface area contributed by atoms with Crippen molar-refractivity contribution in [2.75, 3.05) is 0 Å². The highest BCUT2D eigenvalue weighted by atomic mass is 16.3. The summed E-state index contributed by atoms with van der Waals surface area (Å²) in [7, 11) is 0. The van der Waals surface area contributed by atoms with Gasteiger partial charge in [-0.1, -0.05) is 24.6 Å². The molecule has 3 saturated carbocycles. The minimum absolute atomic E-state index is 0.0331. The van der Waals surface area contributed by atoms with Crippen LogP contribution >= 0.6 is 0 Å². The Bertz CT molecular complexity index is 510. The van der Waals surface area contributed by atoms with Gasteiger partial charge in [-0.05, 0) is 75.0 Å². The summed E-state index contributed by atoms with van der Waals surface area (Å²) in [5, 5.41) is 21.0. The van der Waals surface area contributed by atoms with Crippen LogP contribution in [-0.2, 0) is 0 Å². The van der Waals surface area contributed by atoms with Crippen molar-refractivity contribution in [1.82, 2.24) is 0 Å². The predicted octanol–water partition coefficient (Wildman–Crippen LogP) is 3.84. The number of aliphatic hydroxyl groups is 2. The number of hydrogen-bond acceptors (Lipinski definition) is 2. The molecule has 22 heavy (non-hydrogen) atoms. The lowest BCUT2D eigenvalue weighted by Crippen LogP contribution is -2.51. The van der Waals surface area contributed by atoms with E-state index in [1.807, 2.05) is 6.08 Å². The highest BCUT2D eigenvalue weighted by Crippen LogP contribution is 2.65. The molecule has 0 spiro atoms. The van der Waals surface area contributed by atoms with E-state index >= 15 is 0 Å². The van der Waals surface area contributed by atoms with Crippen LogP contribution in [0.5, 0.6) is 0 Å². The van der Waals surface area contributed by atoms with Gasteiger partial charge in [-0.25, -0.2) is 0 Å². The maximum atomic E-state index is 11.0. The van der Waals surface area contributed by atoms with Crippen LogP contribution in [0.2, 0.25) is 0 Å². The van der Waals surface area contributed by atoms with Gasteiger partial charge in [0, 0.05) is 5.41 Å². The van der Waals surface area contributed by atoms with Gasteiger partial charge in [0.15, 0.2) is 0 Å². The summed E-state index contributed by atoms with van der Waals surface area (Å²) in [6.07, 6.45) is 12.8. The summed E-state index contributed by atoms with van der Waals surface area (Å²) in [5.74, 6) is 2.93. The molecule has 4 rings (SSSR count). The molecule has 2 N–H and O–H groups in total. The Morgan fingerprint density at radius 1 is 1.14 bits per heavy atom. The molecule has 0 aromatic rings. The van der Waals surface area contributed by atoms with Crippen LogP contribution in [0.15, 0.2) is 24.3 Å². The molecule has 2 nitrogen and oxygen atoms in total. The Balaban J connectivity index is 1.63. The smallest absolute Gasteiger partial charge is 0.0881 e. The molecule has 2 heteroatoms. The molecule has 2 unspecified atom stereocenters. The van der Waals surface area contributed by atoms with Crippen LogP contribution in [0.25, 0.3) is 0 Å². The molecule has 0 amide bonds. The summed E-state index contributed by atoms with van der Waals surface area (Å²) in [6.45, 7) is 6.26. The monoisotopic (exact) mass is 302 g/mol. The topological polar surface area (TPSA) is 40.5 Å². The van der Waals surface area contributed by atoms with Gasteiger partial charge in [-0.2, -0.15) is 0 Å². The van der Waals surface area contributed by atoms with Gasteiger partial charge in [-0.3, -0.25) is 0 Å². The SMILES string of the molecule is C=CC1(O)CC[C@H]2[C@@H]3CCC4=CC(O)CC[C@@H]4[C@H]3CC[C@@]21C. The minimum Gasteiger partial charge on any atom is -0.389 e. The van der Waals surface area contributed by atoms with Crippen LogP contribution in [0.3, 0.4) is 0 Å². The summed E-state index contributed by atoms with van der Waals surface area (Å²) in [5.41, 5.74) is 0.924. The van der Waals surface area contributed by atoms with Gasteiger partial charge >= 0.3 is 0 Å². The molecule has 7 atom stereocenters. The molecule has 0 saturated heterocycles. The molecule has 0 radical (unpaired) electrons. The molecule has 122 valence electrons. The Labute approximate surface area is 134 Å². The van der Waals surface area contributed by atoms with Crippen molar-refractivity contribution in [3.05, 3.63) is 24.3 Å². The second kappa shape index (κ2) is 4.95. The largest absolute Gasteiger partial charge is 0.389 e. The average Bonchev–Trinajstić information content (AvgIpc) is 2.79. The molecule has 4 aliphatic rings. The second-order valence-electron chi connectivity index (χ2n) is 8.59. The third-order valence-electron chi connectivity index (χ3n) is 7.98. The number of allylic oxidation sites excluding steroid dienone is 1. The number of fused-ring (bicyclic) bond motifs is 5. The summed E-state index contributed by atoms with van der Waals surface area (Å²) < 4.78 is 0. The number of hydrogen-bond donors (Lipinski definition) is 2. The Hall–Kier alpha value is -0.600. The maximum absolute atomic E-state index is 11.0.